The summed E-state index contributed by atoms with van der Waals surface area (Å²) in [4.78, 5) is 34.6. The van der Waals surface area contributed by atoms with Crippen molar-refractivity contribution in [3.05, 3.63) is 60.1 Å². The number of carbonyl (C=O) groups is 2. The number of amides is 2. The van der Waals surface area contributed by atoms with Gasteiger partial charge < -0.3 is 15.2 Å². The molecule has 1 atom stereocenters. The number of halogens is 1. The Morgan fingerprint density at radius 2 is 2.11 bits per heavy atom. The number of carbonyl (C=O) groups excluding carboxylic acids is 2. The van der Waals surface area contributed by atoms with Gasteiger partial charge in [0, 0.05) is 36.8 Å². The number of aromatic nitrogens is 3. The van der Waals surface area contributed by atoms with Gasteiger partial charge >= 0.3 is 0 Å². The van der Waals surface area contributed by atoms with Gasteiger partial charge in [-0.05, 0) is 25.0 Å². The molecule has 0 bridgehead atoms. The van der Waals surface area contributed by atoms with Crippen LogP contribution in [0.5, 0.6) is 0 Å². The summed E-state index contributed by atoms with van der Waals surface area (Å²) in [5.74, 6) is -0.372. The quantitative estimate of drug-likeness (QED) is 0.749. The van der Waals surface area contributed by atoms with E-state index in [1.54, 1.807) is 46.1 Å². The highest BCUT2D eigenvalue weighted by Gasteiger charge is 2.29. The summed E-state index contributed by atoms with van der Waals surface area (Å²) in [6, 6.07) is 8.04. The Morgan fingerprint density at radius 3 is 2.93 bits per heavy atom. The topological polar surface area (TPSA) is 94.1 Å². The van der Waals surface area contributed by atoms with Gasteiger partial charge in [-0.3, -0.25) is 9.59 Å². The second-order valence-corrected chi connectivity index (χ2v) is 6.98. The fourth-order valence-electron chi connectivity index (χ4n) is 3.75. The monoisotopic (exact) mass is 381 g/mol. The van der Waals surface area contributed by atoms with Crippen molar-refractivity contribution in [2.75, 3.05) is 13.1 Å². The highest BCUT2D eigenvalue weighted by molar-refractivity contribution is 5.95. The fraction of sp³-hybridized carbons (Fsp3) is 0.300. The van der Waals surface area contributed by atoms with Crippen LogP contribution in [-0.4, -0.2) is 44.3 Å². The predicted octanol–water partition coefficient (Wildman–Crippen LogP) is 2.08. The molecule has 144 valence electrons. The van der Waals surface area contributed by atoms with Crippen LogP contribution in [0.1, 0.15) is 35.1 Å². The molecule has 2 amide bonds. The highest BCUT2D eigenvalue weighted by Crippen LogP contribution is 2.27. The van der Waals surface area contributed by atoms with E-state index in [0.717, 1.165) is 18.7 Å². The first-order valence-corrected chi connectivity index (χ1v) is 9.17. The number of nitrogens with two attached hydrogens (primary N) is 1. The zero-order valence-electron chi connectivity index (χ0n) is 15.2. The number of primary amides is 1. The molecule has 2 aromatic heterocycles. The minimum Gasteiger partial charge on any atom is -0.368 e. The highest BCUT2D eigenvalue weighted by atomic mass is 19.1. The maximum absolute atomic E-state index is 14.0. The Kier molecular flexibility index (Phi) is 4.77. The van der Waals surface area contributed by atoms with Gasteiger partial charge in [0.05, 0.1) is 0 Å². The summed E-state index contributed by atoms with van der Waals surface area (Å²) in [6.45, 7) is 1.12. The number of rotatable bonds is 4. The number of hydrogen-bond donors (Lipinski definition) is 1. The van der Waals surface area contributed by atoms with Crippen molar-refractivity contribution < 1.29 is 14.0 Å². The lowest BCUT2D eigenvalue weighted by atomic mass is 9.96. The normalized spacial score (nSPS) is 17.0. The molecule has 1 fully saturated rings. The molecule has 1 aromatic carbocycles. The first-order valence-electron chi connectivity index (χ1n) is 9.17. The number of pyridine rings is 1. The molecule has 3 aromatic rings. The number of hydrogen-bond acceptors (Lipinski definition) is 4. The van der Waals surface area contributed by atoms with Crippen LogP contribution < -0.4 is 5.73 Å². The lowest BCUT2D eigenvalue weighted by Crippen LogP contribution is -2.40. The second kappa shape index (κ2) is 7.38. The summed E-state index contributed by atoms with van der Waals surface area (Å²) in [7, 11) is 0. The second-order valence-electron chi connectivity index (χ2n) is 6.98. The molecule has 0 unspecified atom stereocenters. The molecule has 4 rings (SSSR count). The van der Waals surface area contributed by atoms with E-state index in [-0.39, 0.29) is 29.6 Å². The SMILES string of the molecule is NC(=O)Cn1ccnc1[C@H]1CCCN(C(=O)c2ccc3cccc(F)c3n2)C1. The van der Waals surface area contributed by atoms with Crippen LogP contribution in [0.4, 0.5) is 4.39 Å². The van der Waals surface area contributed by atoms with Crippen LogP contribution in [0.15, 0.2) is 42.7 Å². The molecule has 0 aliphatic carbocycles. The molecule has 1 aliphatic rings. The maximum Gasteiger partial charge on any atom is 0.272 e. The smallest absolute Gasteiger partial charge is 0.272 e. The lowest BCUT2D eigenvalue weighted by molar-refractivity contribution is -0.118. The van der Waals surface area contributed by atoms with Crippen LogP contribution in [0.2, 0.25) is 0 Å². The van der Waals surface area contributed by atoms with Crippen molar-refractivity contribution in [3.8, 4) is 0 Å². The standard InChI is InChI=1S/C20H20FN5O2/c21-15-5-1-3-13-6-7-16(24-18(13)15)20(28)26-9-2-4-14(11-26)19-23-8-10-25(19)12-17(22)27/h1,3,5-8,10,14H,2,4,9,11-12H2,(H2,22,27)/t14-/m0/s1. The minimum absolute atomic E-state index is 0.00393. The summed E-state index contributed by atoms with van der Waals surface area (Å²) >= 11 is 0. The van der Waals surface area contributed by atoms with E-state index in [4.69, 9.17) is 5.73 Å². The van der Waals surface area contributed by atoms with Crippen molar-refractivity contribution in [3.63, 3.8) is 0 Å². The van der Waals surface area contributed by atoms with Crippen LogP contribution in [0.3, 0.4) is 0 Å². The van der Waals surface area contributed by atoms with Gasteiger partial charge in [-0.1, -0.05) is 18.2 Å². The maximum atomic E-state index is 14.0. The van der Waals surface area contributed by atoms with Gasteiger partial charge in [-0.2, -0.15) is 0 Å². The third-order valence-electron chi connectivity index (χ3n) is 5.04. The third kappa shape index (κ3) is 3.45. The van der Waals surface area contributed by atoms with Gasteiger partial charge in [0.1, 0.15) is 29.4 Å². The molecule has 0 radical (unpaired) electrons. The summed E-state index contributed by atoms with van der Waals surface area (Å²) in [5, 5.41) is 0.654. The molecule has 2 N–H and O–H groups in total. The minimum atomic E-state index is -0.447. The van der Waals surface area contributed by atoms with E-state index in [1.165, 1.54) is 6.07 Å². The summed E-state index contributed by atoms with van der Waals surface area (Å²) in [6.07, 6.45) is 5.02. The Hall–Kier alpha value is -3.29. The summed E-state index contributed by atoms with van der Waals surface area (Å²) < 4.78 is 15.8. The fourth-order valence-corrected chi connectivity index (χ4v) is 3.75. The largest absolute Gasteiger partial charge is 0.368 e. The number of piperidine rings is 1. The Balaban J connectivity index is 1.56. The molecule has 7 nitrogen and oxygen atoms in total. The Bertz CT molecular complexity index is 1050. The van der Waals surface area contributed by atoms with E-state index in [1.807, 2.05) is 0 Å². The zero-order valence-corrected chi connectivity index (χ0v) is 15.2. The number of nitrogens with zero attached hydrogens (tertiary/aromatic N) is 4. The molecular weight excluding hydrogens is 361 g/mol. The van der Waals surface area contributed by atoms with Gasteiger partial charge in [0.15, 0.2) is 0 Å². The molecule has 1 aliphatic heterocycles. The average Bonchev–Trinajstić information content (AvgIpc) is 3.15. The number of likely N-dealkylation sites (tertiary alicyclic amines) is 1. The van der Waals surface area contributed by atoms with Crippen LogP contribution in [0, 0.1) is 5.82 Å². The van der Waals surface area contributed by atoms with Crippen LogP contribution in [-0.2, 0) is 11.3 Å². The van der Waals surface area contributed by atoms with E-state index >= 15 is 0 Å². The molecule has 1 saturated heterocycles. The predicted molar refractivity (Wildman–Crippen MR) is 101 cm³/mol. The van der Waals surface area contributed by atoms with Gasteiger partial charge in [-0.25, -0.2) is 14.4 Å². The van der Waals surface area contributed by atoms with Crippen molar-refractivity contribution >= 4 is 22.7 Å². The van der Waals surface area contributed by atoms with Crippen molar-refractivity contribution in [1.29, 1.82) is 0 Å². The number of benzene rings is 1. The molecule has 3 heterocycles. The number of imidazole rings is 1. The summed E-state index contributed by atoms with van der Waals surface area (Å²) in [5.41, 5.74) is 5.71. The average molecular weight is 381 g/mol. The molecule has 0 spiro atoms. The Labute approximate surface area is 161 Å². The van der Waals surface area contributed by atoms with Gasteiger partial charge in [0.2, 0.25) is 5.91 Å². The van der Waals surface area contributed by atoms with E-state index in [0.29, 0.717) is 18.5 Å². The van der Waals surface area contributed by atoms with Crippen LogP contribution in [0.25, 0.3) is 10.9 Å². The lowest BCUT2D eigenvalue weighted by Gasteiger charge is -2.32. The first-order chi connectivity index (χ1) is 13.5. The van der Waals surface area contributed by atoms with E-state index in [9.17, 15) is 14.0 Å². The molecule has 8 heteroatoms. The van der Waals surface area contributed by atoms with Crippen molar-refractivity contribution in [1.82, 2.24) is 19.4 Å². The van der Waals surface area contributed by atoms with Gasteiger partial charge in [-0.15, -0.1) is 0 Å². The van der Waals surface area contributed by atoms with E-state index in [2.05, 4.69) is 9.97 Å². The first kappa shape index (κ1) is 18.1. The zero-order chi connectivity index (χ0) is 19.7. The number of fused-ring (bicyclic) bond motifs is 1. The molecular formula is C20H20FN5O2. The molecule has 28 heavy (non-hydrogen) atoms. The third-order valence-corrected chi connectivity index (χ3v) is 5.04. The Morgan fingerprint density at radius 1 is 1.25 bits per heavy atom. The van der Waals surface area contributed by atoms with E-state index < -0.39 is 11.7 Å². The molecule has 0 saturated carbocycles. The number of para-hydroxylation sites is 1. The van der Waals surface area contributed by atoms with Gasteiger partial charge in [0.25, 0.3) is 5.91 Å². The van der Waals surface area contributed by atoms with Crippen molar-refractivity contribution in [2.45, 2.75) is 25.3 Å². The van der Waals surface area contributed by atoms with Crippen LogP contribution >= 0.6 is 0 Å². The van der Waals surface area contributed by atoms with Crippen molar-refractivity contribution in [2.24, 2.45) is 5.73 Å².